The van der Waals surface area contributed by atoms with E-state index < -0.39 is 5.97 Å². The topological polar surface area (TPSA) is 62.2 Å². The summed E-state index contributed by atoms with van der Waals surface area (Å²) in [5.74, 6) is 1.18. The Morgan fingerprint density at radius 3 is 3.00 bits per heavy atom. The van der Waals surface area contributed by atoms with Gasteiger partial charge in [0.1, 0.15) is 5.82 Å². The van der Waals surface area contributed by atoms with Gasteiger partial charge in [0.15, 0.2) is 0 Å². The number of rotatable bonds is 5. The molecule has 1 heterocycles. The molecule has 0 aliphatic heterocycles. The molecular weight excluding hydrogens is 276 g/mol. The number of anilines is 1. The SMILES string of the molecule is CC1CCCC(CCNc2ncc(C(=O)O)cc2Cl)C1. The Hall–Kier alpha value is -1.29. The van der Waals surface area contributed by atoms with E-state index in [4.69, 9.17) is 16.7 Å². The zero-order chi connectivity index (χ0) is 14.5. The van der Waals surface area contributed by atoms with Crippen molar-refractivity contribution in [3.05, 3.63) is 22.8 Å². The van der Waals surface area contributed by atoms with Crippen LogP contribution in [0.5, 0.6) is 0 Å². The maximum absolute atomic E-state index is 10.8. The van der Waals surface area contributed by atoms with Gasteiger partial charge in [-0.2, -0.15) is 0 Å². The Labute approximate surface area is 124 Å². The summed E-state index contributed by atoms with van der Waals surface area (Å²) in [4.78, 5) is 14.9. The average Bonchev–Trinajstić information content (AvgIpc) is 2.40. The number of hydrogen-bond acceptors (Lipinski definition) is 3. The Morgan fingerprint density at radius 1 is 1.55 bits per heavy atom. The third-order valence-corrected chi connectivity index (χ3v) is 4.27. The van der Waals surface area contributed by atoms with E-state index in [9.17, 15) is 4.79 Å². The van der Waals surface area contributed by atoms with E-state index in [2.05, 4.69) is 17.2 Å². The standard InChI is InChI=1S/C15H21ClN2O2/c1-10-3-2-4-11(7-10)5-6-17-14-13(16)8-12(9-18-14)15(19)20/h8-11H,2-7H2,1H3,(H,17,18)(H,19,20). The fourth-order valence-electron chi connectivity index (χ4n) is 2.90. The van der Waals surface area contributed by atoms with E-state index in [-0.39, 0.29) is 5.56 Å². The van der Waals surface area contributed by atoms with Crippen LogP contribution in [0.3, 0.4) is 0 Å². The highest BCUT2D eigenvalue weighted by molar-refractivity contribution is 6.33. The first-order valence-electron chi connectivity index (χ1n) is 7.19. The van der Waals surface area contributed by atoms with E-state index in [0.29, 0.717) is 10.8 Å². The molecule has 0 aromatic carbocycles. The molecule has 1 saturated carbocycles. The molecular formula is C15H21ClN2O2. The highest BCUT2D eigenvalue weighted by Gasteiger charge is 2.18. The van der Waals surface area contributed by atoms with Gasteiger partial charge >= 0.3 is 5.97 Å². The van der Waals surface area contributed by atoms with Crippen molar-refractivity contribution in [1.29, 1.82) is 0 Å². The van der Waals surface area contributed by atoms with Gasteiger partial charge in [-0.3, -0.25) is 0 Å². The number of nitrogens with zero attached hydrogens (tertiary/aromatic N) is 1. The van der Waals surface area contributed by atoms with Crippen LogP contribution in [0.25, 0.3) is 0 Å². The molecule has 1 fully saturated rings. The predicted molar refractivity (Wildman–Crippen MR) is 80.4 cm³/mol. The molecule has 0 spiro atoms. The van der Waals surface area contributed by atoms with E-state index >= 15 is 0 Å². The Balaban J connectivity index is 1.83. The molecule has 2 atom stereocenters. The number of nitrogens with one attached hydrogen (secondary N) is 1. The van der Waals surface area contributed by atoms with Crippen molar-refractivity contribution >= 4 is 23.4 Å². The second-order valence-corrected chi connectivity index (χ2v) is 6.12. The minimum atomic E-state index is -1.01. The van der Waals surface area contributed by atoms with E-state index in [1.165, 1.54) is 37.9 Å². The molecule has 110 valence electrons. The number of halogens is 1. The van der Waals surface area contributed by atoms with Crippen molar-refractivity contribution in [3.8, 4) is 0 Å². The fraction of sp³-hybridized carbons (Fsp3) is 0.600. The maximum Gasteiger partial charge on any atom is 0.337 e. The summed E-state index contributed by atoms with van der Waals surface area (Å²) >= 11 is 6.03. The lowest BCUT2D eigenvalue weighted by molar-refractivity contribution is 0.0696. The van der Waals surface area contributed by atoms with Crippen LogP contribution < -0.4 is 5.32 Å². The van der Waals surface area contributed by atoms with Gasteiger partial charge in [-0.25, -0.2) is 9.78 Å². The largest absolute Gasteiger partial charge is 0.478 e. The average molecular weight is 297 g/mol. The Morgan fingerprint density at radius 2 is 2.35 bits per heavy atom. The van der Waals surface area contributed by atoms with E-state index in [1.54, 1.807) is 0 Å². The summed E-state index contributed by atoms with van der Waals surface area (Å²) in [5.41, 5.74) is 0.113. The van der Waals surface area contributed by atoms with E-state index in [0.717, 1.165) is 24.8 Å². The quantitative estimate of drug-likeness (QED) is 0.860. The van der Waals surface area contributed by atoms with Gasteiger partial charge in [0.05, 0.1) is 10.6 Å². The number of aromatic carboxylic acids is 1. The van der Waals surface area contributed by atoms with Crippen LogP contribution in [-0.4, -0.2) is 22.6 Å². The fourth-order valence-corrected chi connectivity index (χ4v) is 3.13. The van der Waals surface area contributed by atoms with Crippen molar-refractivity contribution < 1.29 is 9.90 Å². The lowest BCUT2D eigenvalue weighted by Crippen LogP contribution is -2.17. The molecule has 0 radical (unpaired) electrons. The Kier molecular flexibility index (Phi) is 5.24. The number of hydrogen-bond donors (Lipinski definition) is 2. The summed E-state index contributed by atoms with van der Waals surface area (Å²) in [6, 6.07) is 1.43. The summed E-state index contributed by atoms with van der Waals surface area (Å²) < 4.78 is 0. The van der Waals surface area contributed by atoms with Gasteiger partial charge in [-0.05, 0) is 30.7 Å². The Bertz CT molecular complexity index is 479. The molecule has 1 aromatic heterocycles. The highest BCUT2D eigenvalue weighted by atomic mass is 35.5. The molecule has 0 amide bonds. The van der Waals surface area contributed by atoms with Crippen LogP contribution in [0, 0.1) is 11.8 Å². The molecule has 20 heavy (non-hydrogen) atoms. The summed E-state index contributed by atoms with van der Waals surface area (Å²) in [5, 5.41) is 12.4. The zero-order valence-corrected chi connectivity index (χ0v) is 12.5. The smallest absolute Gasteiger partial charge is 0.337 e. The van der Waals surface area contributed by atoms with Crippen molar-refractivity contribution in [1.82, 2.24) is 4.98 Å². The van der Waals surface area contributed by atoms with Crippen molar-refractivity contribution in [2.75, 3.05) is 11.9 Å². The molecule has 5 heteroatoms. The minimum absolute atomic E-state index is 0.113. The number of carboxylic acids is 1. The molecule has 1 aliphatic rings. The monoisotopic (exact) mass is 296 g/mol. The van der Waals surface area contributed by atoms with Crippen LogP contribution in [0.1, 0.15) is 49.4 Å². The normalized spacial score (nSPS) is 22.5. The first-order chi connectivity index (χ1) is 9.56. The molecule has 2 N–H and O–H groups in total. The number of pyridine rings is 1. The summed E-state index contributed by atoms with van der Waals surface area (Å²) in [6.07, 6.45) is 7.75. The third kappa shape index (κ3) is 4.10. The number of carbonyl (C=O) groups is 1. The second kappa shape index (κ2) is 6.93. The lowest BCUT2D eigenvalue weighted by atomic mass is 9.81. The van der Waals surface area contributed by atoms with Gasteiger partial charge in [0, 0.05) is 12.7 Å². The van der Waals surface area contributed by atoms with Gasteiger partial charge in [-0.15, -0.1) is 0 Å². The van der Waals surface area contributed by atoms with Crippen LogP contribution in [-0.2, 0) is 0 Å². The van der Waals surface area contributed by atoms with Crippen LogP contribution in [0.4, 0.5) is 5.82 Å². The van der Waals surface area contributed by atoms with Gasteiger partial charge in [0.2, 0.25) is 0 Å². The minimum Gasteiger partial charge on any atom is -0.478 e. The van der Waals surface area contributed by atoms with Gasteiger partial charge in [-0.1, -0.05) is 37.8 Å². The molecule has 0 saturated heterocycles. The molecule has 1 aliphatic carbocycles. The predicted octanol–water partition coefficient (Wildman–Crippen LogP) is 4.06. The zero-order valence-electron chi connectivity index (χ0n) is 11.7. The van der Waals surface area contributed by atoms with Crippen LogP contribution >= 0.6 is 11.6 Å². The van der Waals surface area contributed by atoms with Crippen LogP contribution in [0.15, 0.2) is 12.3 Å². The molecule has 0 bridgehead atoms. The van der Waals surface area contributed by atoms with Crippen LogP contribution in [0.2, 0.25) is 5.02 Å². The van der Waals surface area contributed by atoms with Gasteiger partial charge in [0.25, 0.3) is 0 Å². The maximum atomic E-state index is 10.8. The second-order valence-electron chi connectivity index (χ2n) is 5.71. The first kappa shape index (κ1) is 15.1. The highest BCUT2D eigenvalue weighted by Crippen LogP contribution is 2.30. The molecule has 2 rings (SSSR count). The number of aromatic nitrogens is 1. The first-order valence-corrected chi connectivity index (χ1v) is 7.56. The summed E-state index contributed by atoms with van der Waals surface area (Å²) in [6.45, 7) is 3.15. The van der Waals surface area contributed by atoms with Crippen molar-refractivity contribution in [3.63, 3.8) is 0 Å². The lowest BCUT2D eigenvalue weighted by Gasteiger charge is -2.26. The summed E-state index contributed by atoms with van der Waals surface area (Å²) in [7, 11) is 0. The number of carboxylic acid groups (broad SMARTS) is 1. The molecule has 4 nitrogen and oxygen atoms in total. The van der Waals surface area contributed by atoms with Crippen molar-refractivity contribution in [2.24, 2.45) is 11.8 Å². The van der Waals surface area contributed by atoms with E-state index in [1.807, 2.05) is 0 Å². The molecule has 1 aromatic rings. The molecule has 2 unspecified atom stereocenters. The van der Waals surface area contributed by atoms with Gasteiger partial charge < -0.3 is 10.4 Å². The third-order valence-electron chi connectivity index (χ3n) is 3.98. The van der Waals surface area contributed by atoms with Crippen molar-refractivity contribution in [2.45, 2.75) is 39.0 Å².